The number of imidazole rings is 1. The molecule has 2 aliphatic rings. The molecular weight excluding hydrogens is 278 g/mol. The number of hydrogen-bond donors (Lipinski definition) is 0. The van der Waals surface area contributed by atoms with E-state index in [1.54, 1.807) is 6.20 Å². The first-order chi connectivity index (χ1) is 10.8. The first kappa shape index (κ1) is 13.4. The average molecular weight is 297 g/mol. The molecule has 0 bridgehead atoms. The van der Waals surface area contributed by atoms with Crippen LogP contribution in [0.2, 0.25) is 0 Å². The Kier molecular flexibility index (Phi) is 3.33. The fourth-order valence-electron chi connectivity index (χ4n) is 3.41. The van der Waals surface area contributed by atoms with Crippen LogP contribution in [0, 0.1) is 0 Å². The monoisotopic (exact) mass is 297 g/mol. The highest BCUT2D eigenvalue weighted by atomic mass is 16.5. The molecule has 114 valence electrons. The van der Waals surface area contributed by atoms with Crippen molar-refractivity contribution in [3.8, 4) is 5.75 Å². The Morgan fingerprint density at radius 2 is 2.23 bits per heavy atom. The molecule has 1 aromatic heterocycles. The summed E-state index contributed by atoms with van der Waals surface area (Å²) in [6.45, 7) is 1.56. The second kappa shape index (κ2) is 5.48. The predicted octanol–water partition coefficient (Wildman–Crippen LogP) is 2.05. The number of carbonyl (C=O) groups excluding carboxylic acids is 1. The lowest BCUT2D eigenvalue weighted by molar-refractivity contribution is -0.139. The summed E-state index contributed by atoms with van der Waals surface area (Å²) in [6.07, 6.45) is 8.03. The minimum Gasteiger partial charge on any atom is -0.480 e. The summed E-state index contributed by atoms with van der Waals surface area (Å²) in [6, 6.07) is 8.23. The number of piperidine rings is 1. The van der Waals surface area contributed by atoms with E-state index in [2.05, 4.69) is 9.55 Å². The van der Waals surface area contributed by atoms with Crippen LogP contribution in [0.4, 0.5) is 0 Å². The van der Waals surface area contributed by atoms with Crippen molar-refractivity contribution in [2.75, 3.05) is 13.1 Å². The maximum atomic E-state index is 12.8. The number of fused-ring (bicyclic) bond motifs is 1. The molecule has 5 heteroatoms. The third-order valence-electron chi connectivity index (χ3n) is 4.58. The molecule has 0 saturated carbocycles. The van der Waals surface area contributed by atoms with Crippen molar-refractivity contribution in [1.29, 1.82) is 0 Å². The predicted molar refractivity (Wildman–Crippen MR) is 81.6 cm³/mol. The molecule has 22 heavy (non-hydrogen) atoms. The zero-order valence-corrected chi connectivity index (χ0v) is 12.4. The first-order valence-electron chi connectivity index (χ1n) is 7.82. The molecule has 1 aromatic carbocycles. The smallest absolute Gasteiger partial charge is 0.264 e. The quantitative estimate of drug-likeness (QED) is 0.852. The van der Waals surface area contributed by atoms with Crippen molar-refractivity contribution >= 4 is 5.91 Å². The molecule has 1 amide bonds. The number of aromatic nitrogens is 2. The number of nitrogens with zero attached hydrogens (tertiary/aromatic N) is 3. The van der Waals surface area contributed by atoms with E-state index in [0.717, 1.165) is 37.2 Å². The van der Waals surface area contributed by atoms with E-state index in [0.29, 0.717) is 12.5 Å². The number of ether oxygens (including phenoxy) is 1. The van der Waals surface area contributed by atoms with E-state index < -0.39 is 0 Å². The van der Waals surface area contributed by atoms with Crippen LogP contribution >= 0.6 is 0 Å². The van der Waals surface area contributed by atoms with Crippen molar-refractivity contribution in [2.45, 2.75) is 31.4 Å². The molecule has 0 unspecified atom stereocenters. The molecule has 2 aromatic rings. The lowest BCUT2D eigenvalue weighted by Gasteiger charge is -2.34. The molecule has 5 nitrogen and oxygen atoms in total. The fraction of sp³-hybridized carbons (Fsp3) is 0.412. The minimum absolute atomic E-state index is 0.112. The van der Waals surface area contributed by atoms with Crippen LogP contribution in [0.15, 0.2) is 43.0 Å². The Morgan fingerprint density at radius 1 is 1.32 bits per heavy atom. The number of carbonyl (C=O) groups is 1. The summed E-state index contributed by atoms with van der Waals surface area (Å²) in [5, 5.41) is 0. The average Bonchev–Trinajstić information content (AvgIpc) is 3.23. The van der Waals surface area contributed by atoms with Crippen LogP contribution in [0.1, 0.15) is 24.4 Å². The van der Waals surface area contributed by atoms with Crippen LogP contribution in [0.25, 0.3) is 0 Å². The number of amides is 1. The molecular formula is C17H19N3O2. The number of hydrogen-bond acceptors (Lipinski definition) is 3. The standard InChI is InChI=1S/C17H19N3O2/c21-17(16-10-13-4-1-2-6-15(13)22-16)19-8-3-5-14(11-19)20-9-7-18-12-20/h1-2,4,6-7,9,12,14,16H,3,5,8,10-11H2/t14-,16-/m1/s1. The van der Waals surface area contributed by atoms with Gasteiger partial charge in [0.1, 0.15) is 5.75 Å². The second-order valence-electron chi connectivity index (χ2n) is 6.01. The summed E-state index contributed by atoms with van der Waals surface area (Å²) in [4.78, 5) is 18.8. The Balaban J connectivity index is 1.45. The van der Waals surface area contributed by atoms with Crippen LogP contribution in [-0.2, 0) is 11.2 Å². The van der Waals surface area contributed by atoms with Gasteiger partial charge in [-0.2, -0.15) is 0 Å². The summed E-state index contributed by atoms with van der Waals surface area (Å²) >= 11 is 0. The van der Waals surface area contributed by atoms with Crippen molar-refractivity contribution < 1.29 is 9.53 Å². The Morgan fingerprint density at radius 3 is 3.05 bits per heavy atom. The minimum atomic E-state index is -0.362. The van der Waals surface area contributed by atoms with Gasteiger partial charge in [-0.1, -0.05) is 18.2 Å². The zero-order chi connectivity index (χ0) is 14.9. The first-order valence-corrected chi connectivity index (χ1v) is 7.82. The third-order valence-corrected chi connectivity index (χ3v) is 4.58. The number of likely N-dealkylation sites (tertiary alicyclic amines) is 1. The Hall–Kier alpha value is -2.30. The maximum absolute atomic E-state index is 12.8. The largest absolute Gasteiger partial charge is 0.480 e. The molecule has 3 heterocycles. The summed E-state index contributed by atoms with van der Waals surface area (Å²) in [7, 11) is 0. The van der Waals surface area contributed by atoms with E-state index in [1.165, 1.54) is 0 Å². The van der Waals surface area contributed by atoms with Crippen LogP contribution < -0.4 is 4.74 Å². The molecule has 0 N–H and O–H groups in total. The molecule has 1 saturated heterocycles. The van der Waals surface area contributed by atoms with Crippen LogP contribution in [0.3, 0.4) is 0 Å². The van der Waals surface area contributed by atoms with Gasteiger partial charge in [0.2, 0.25) is 0 Å². The van der Waals surface area contributed by atoms with Crippen molar-refractivity contribution in [2.24, 2.45) is 0 Å². The Bertz CT molecular complexity index is 643. The normalized spacial score (nSPS) is 23.9. The summed E-state index contributed by atoms with van der Waals surface area (Å²) < 4.78 is 7.94. The summed E-state index contributed by atoms with van der Waals surface area (Å²) in [5.74, 6) is 0.963. The van der Waals surface area contributed by atoms with E-state index in [9.17, 15) is 4.79 Å². The van der Waals surface area contributed by atoms with Gasteiger partial charge >= 0.3 is 0 Å². The van der Waals surface area contributed by atoms with Gasteiger partial charge in [-0.05, 0) is 24.5 Å². The number of benzene rings is 1. The van der Waals surface area contributed by atoms with Gasteiger partial charge in [0, 0.05) is 31.9 Å². The third kappa shape index (κ3) is 2.36. The lowest BCUT2D eigenvalue weighted by atomic mass is 10.0. The highest BCUT2D eigenvalue weighted by Crippen LogP contribution is 2.30. The molecule has 1 fully saturated rings. The number of para-hydroxylation sites is 1. The number of rotatable bonds is 2. The van der Waals surface area contributed by atoms with Crippen molar-refractivity contribution in [1.82, 2.24) is 14.5 Å². The van der Waals surface area contributed by atoms with Gasteiger partial charge in [0.05, 0.1) is 12.4 Å². The molecule has 2 aliphatic heterocycles. The second-order valence-corrected chi connectivity index (χ2v) is 6.01. The van der Waals surface area contributed by atoms with Gasteiger partial charge in [-0.15, -0.1) is 0 Å². The highest BCUT2D eigenvalue weighted by Gasteiger charge is 2.34. The van der Waals surface area contributed by atoms with Gasteiger partial charge < -0.3 is 14.2 Å². The summed E-state index contributed by atoms with van der Waals surface area (Å²) in [5.41, 5.74) is 1.13. The van der Waals surface area contributed by atoms with Crippen molar-refractivity contribution in [3.63, 3.8) is 0 Å². The van der Waals surface area contributed by atoms with Crippen molar-refractivity contribution in [3.05, 3.63) is 48.5 Å². The molecule has 0 radical (unpaired) electrons. The molecule has 4 rings (SSSR count). The van der Waals surface area contributed by atoms with Crippen LogP contribution in [0.5, 0.6) is 5.75 Å². The molecule has 2 atom stereocenters. The van der Waals surface area contributed by atoms with Crippen LogP contribution in [-0.4, -0.2) is 39.6 Å². The van der Waals surface area contributed by atoms with E-state index in [-0.39, 0.29) is 12.0 Å². The van der Waals surface area contributed by atoms with E-state index >= 15 is 0 Å². The maximum Gasteiger partial charge on any atom is 0.264 e. The fourth-order valence-corrected chi connectivity index (χ4v) is 3.41. The van der Waals surface area contributed by atoms with Gasteiger partial charge in [0.25, 0.3) is 5.91 Å². The zero-order valence-electron chi connectivity index (χ0n) is 12.4. The Labute approximate surface area is 129 Å². The lowest BCUT2D eigenvalue weighted by Crippen LogP contribution is -2.46. The highest BCUT2D eigenvalue weighted by molar-refractivity contribution is 5.82. The molecule has 0 aliphatic carbocycles. The van der Waals surface area contributed by atoms with Gasteiger partial charge in [-0.25, -0.2) is 4.98 Å². The van der Waals surface area contributed by atoms with E-state index in [1.807, 2.05) is 41.7 Å². The molecule has 0 spiro atoms. The van der Waals surface area contributed by atoms with Gasteiger partial charge in [0.15, 0.2) is 6.10 Å². The topological polar surface area (TPSA) is 47.4 Å². The SMILES string of the molecule is O=C([C@H]1Cc2ccccc2O1)N1CCC[C@@H](n2ccnc2)C1. The van der Waals surface area contributed by atoms with Gasteiger partial charge in [-0.3, -0.25) is 4.79 Å². The van der Waals surface area contributed by atoms with E-state index in [4.69, 9.17) is 4.74 Å².